The number of benzene rings is 1. The fourth-order valence-electron chi connectivity index (χ4n) is 3.07. The lowest BCUT2D eigenvalue weighted by atomic mass is 10.1. The molecule has 0 aromatic heterocycles. The maximum Gasteiger partial charge on any atom is 0.253 e. The van der Waals surface area contributed by atoms with Gasteiger partial charge in [-0.15, -0.1) is 0 Å². The lowest BCUT2D eigenvalue weighted by molar-refractivity contribution is 0.0789. The second-order valence-corrected chi connectivity index (χ2v) is 5.36. The number of hydrogen-bond acceptors (Lipinski definition) is 2. The minimum atomic E-state index is 0.197. The first-order chi connectivity index (χ1) is 8.78. The number of nitrogens with zero attached hydrogens (tertiary/aromatic N) is 1. The molecule has 0 bridgehead atoms. The Balaban J connectivity index is 1.77. The van der Waals surface area contributed by atoms with Gasteiger partial charge in [-0.2, -0.15) is 0 Å². The van der Waals surface area contributed by atoms with Gasteiger partial charge in [0.2, 0.25) is 0 Å². The van der Waals surface area contributed by atoms with Crippen LogP contribution >= 0.6 is 0 Å². The Labute approximate surface area is 108 Å². The fourth-order valence-corrected chi connectivity index (χ4v) is 3.07. The minimum absolute atomic E-state index is 0.197. The van der Waals surface area contributed by atoms with Gasteiger partial charge < -0.3 is 10.2 Å². The number of fused-ring (bicyclic) bond motifs is 1. The van der Waals surface area contributed by atoms with Crippen LogP contribution in [0.2, 0.25) is 0 Å². The third-order valence-electron chi connectivity index (χ3n) is 4.23. The summed E-state index contributed by atoms with van der Waals surface area (Å²) in [4.78, 5) is 14.4. The van der Waals surface area contributed by atoms with Crippen LogP contribution in [0.1, 0.15) is 34.3 Å². The Morgan fingerprint density at radius 1 is 1.33 bits per heavy atom. The normalized spacial score (nSPS) is 22.3. The SMILES string of the molecule is CNC1CCN(C(=O)c2ccc3c(c2)CCC3)C1. The van der Waals surface area contributed by atoms with Crippen molar-refractivity contribution in [3.63, 3.8) is 0 Å². The van der Waals surface area contributed by atoms with Crippen molar-refractivity contribution in [2.45, 2.75) is 31.7 Å². The molecule has 3 heteroatoms. The van der Waals surface area contributed by atoms with Crippen molar-refractivity contribution < 1.29 is 4.79 Å². The first-order valence-corrected chi connectivity index (χ1v) is 6.86. The van der Waals surface area contributed by atoms with E-state index in [2.05, 4.69) is 17.4 Å². The van der Waals surface area contributed by atoms with E-state index < -0.39 is 0 Å². The first kappa shape index (κ1) is 11.7. The molecular formula is C15H20N2O. The van der Waals surface area contributed by atoms with E-state index in [0.717, 1.165) is 31.5 Å². The van der Waals surface area contributed by atoms with E-state index in [1.807, 2.05) is 18.0 Å². The highest BCUT2D eigenvalue weighted by molar-refractivity contribution is 5.94. The number of carbonyl (C=O) groups is 1. The van der Waals surface area contributed by atoms with Gasteiger partial charge in [0.1, 0.15) is 0 Å². The van der Waals surface area contributed by atoms with E-state index >= 15 is 0 Å². The van der Waals surface area contributed by atoms with Crippen LogP contribution in [0.3, 0.4) is 0 Å². The Morgan fingerprint density at radius 2 is 2.17 bits per heavy atom. The van der Waals surface area contributed by atoms with Crippen LogP contribution in [0.5, 0.6) is 0 Å². The lowest BCUT2D eigenvalue weighted by Crippen LogP contribution is -2.33. The highest BCUT2D eigenvalue weighted by Crippen LogP contribution is 2.24. The van der Waals surface area contributed by atoms with Crippen LogP contribution in [0.25, 0.3) is 0 Å². The van der Waals surface area contributed by atoms with Gasteiger partial charge in [0.05, 0.1) is 0 Å². The van der Waals surface area contributed by atoms with Gasteiger partial charge in [0.25, 0.3) is 5.91 Å². The number of likely N-dealkylation sites (N-methyl/N-ethyl adjacent to an activating group) is 1. The highest BCUT2D eigenvalue weighted by Gasteiger charge is 2.26. The van der Waals surface area contributed by atoms with E-state index in [0.29, 0.717) is 6.04 Å². The number of hydrogen-bond donors (Lipinski definition) is 1. The van der Waals surface area contributed by atoms with Crippen molar-refractivity contribution in [2.24, 2.45) is 0 Å². The van der Waals surface area contributed by atoms with Gasteiger partial charge in [-0.25, -0.2) is 0 Å². The zero-order chi connectivity index (χ0) is 12.5. The third kappa shape index (κ3) is 2.03. The highest BCUT2D eigenvalue weighted by atomic mass is 16.2. The van der Waals surface area contributed by atoms with E-state index in [-0.39, 0.29) is 5.91 Å². The Hall–Kier alpha value is -1.35. The molecule has 1 saturated heterocycles. The van der Waals surface area contributed by atoms with Crippen molar-refractivity contribution in [3.8, 4) is 0 Å². The van der Waals surface area contributed by atoms with Crippen molar-refractivity contribution in [3.05, 3.63) is 34.9 Å². The molecule has 1 unspecified atom stereocenters. The van der Waals surface area contributed by atoms with Gasteiger partial charge in [0, 0.05) is 24.7 Å². The summed E-state index contributed by atoms with van der Waals surface area (Å²) >= 11 is 0. The second-order valence-electron chi connectivity index (χ2n) is 5.36. The summed E-state index contributed by atoms with van der Waals surface area (Å²) in [5, 5.41) is 3.25. The molecule has 0 radical (unpaired) electrons. The fraction of sp³-hybridized carbons (Fsp3) is 0.533. The van der Waals surface area contributed by atoms with Crippen molar-refractivity contribution in [1.29, 1.82) is 0 Å². The quantitative estimate of drug-likeness (QED) is 0.857. The third-order valence-corrected chi connectivity index (χ3v) is 4.23. The van der Waals surface area contributed by atoms with Gasteiger partial charge in [-0.05, 0) is 56.0 Å². The summed E-state index contributed by atoms with van der Waals surface area (Å²) in [6, 6.07) is 6.71. The Kier molecular flexibility index (Phi) is 3.08. The smallest absolute Gasteiger partial charge is 0.253 e. The number of nitrogens with one attached hydrogen (secondary N) is 1. The zero-order valence-electron chi connectivity index (χ0n) is 10.9. The molecule has 0 spiro atoms. The minimum Gasteiger partial charge on any atom is -0.337 e. The summed E-state index contributed by atoms with van der Waals surface area (Å²) in [5.74, 6) is 0.197. The molecule has 1 N–H and O–H groups in total. The average Bonchev–Trinajstić information content (AvgIpc) is 3.05. The van der Waals surface area contributed by atoms with Gasteiger partial charge in [-0.3, -0.25) is 4.79 Å². The number of aryl methyl sites for hydroxylation is 2. The monoisotopic (exact) mass is 244 g/mol. The van der Waals surface area contributed by atoms with Crippen molar-refractivity contribution in [2.75, 3.05) is 20.1 Å². The number of carbonyl (C=O) groups excluding carboxylic acids is 1. The maximum absolute atomic E-state index is 12.4. The molecule has 1 fully saturated rings. The Bertz CT molecular complexity index is 470. The molecule has 1 heterocycles. The summed E-state index contributed by atoms with van der Waals surface area (Å²) in [6.45, 7) is 1.72. The van der Waals surface area contributed by atoms with Crippen LogP contribution in [0.4, 0.5) is 0 Å². The molecule has 1 aromatic rings. The molecule has 96 valence electrons. The molecule has 1 aliphatic heterocycles. The Morgan fingerprint density at radius 3 is 2.94 bits per heavy atom. The maximum atomic E-state index is 12.4. The number of likely N-dealkylation sites (tertiary alicyclic amines) is 1. The van der Waals surface area contributed by atoms with Crippen LogP contribution < -0.4 is 5.32 Å². The summed E-state index contributed by atoms with van der Waals surface area (Å²) in [7, 11) is 1.97. The number of amides is 1. The van der Waals surface area contributed by atoms with Gasteiger partial charge >= 0.3 is 0 Å². The van der Waals surface area contributed by atoms with E-state index in [1.54, 1.807) is 0 Å². The van der Waals surface area contributed by atoms with Gasteiger partial charge in [0.15, 0.2) is 0 Å². The molecule has 18 heavy (non-hydrogen) atoms. The van der Waals surface area contributed by atoms with Crippen molar-refractivity contribution in [1.82, 2.24) is 10.2 Å². The molecule has 1 aliphatic carbocycles. The van der Waals surface area contributed by atoms with Crippen LogP contribution in [-0.4, -0.2) is 37.0 Å². The molecule has 1 amide bonds. The summed E-state index contributed by atoms with van der Waals surface area (Å²) in [5.41, 5.74) is 3.68. The van der Waals surface area contributed by atoms with Crippen LogP contribution in [0, 0.1) is 0 Å². The summed E-state index contributed by atoms with van der Waals surface area (Å²) in [6.07, 6.45) is 4.61. The molecule has 3 nitrogen and oxygen atoms in total. The van der Waals surface area contributed by atoms with Crippen LogP contribution in [-0.2, 0) is 12.8 Å². The lowest BCUT2D eigenvalue weighted by Gasteiger charge is -2.17. The van der Waals surface area contributed by atoms with Gasteiger partial charge in [-0.1, -0.05) is 6.07 Å². The average molecular weight is 244 g/mol. The molecule has 2 aliphatic rings. The standard InChI is InChI=1S/C15H20N2O/c1-16-14-7-8-17(10-14)15(18)13-6-5-11-3-2-4-12(11)9-13/h5-6,9,14,16H,2-4,7-8,10H2,1H3. The molecular weight excluding hydrogens is 224 g/mol. The van der Waals surface area contributed by atoms with Crippen LogP contribution in [0.15, 0.2) is 18.2 Å². The zero-order valence-corrected chi connectivity index (χ0v) is 10.9. The topological polar surface area (TPSA) is 32.3 Å². The summed E-state index contributed by atoms with van der Waals surface area (Å²) < 4.78 is 0. The number of rotatable bonds is 2. The second kappa shape index (κ2) is 4.73. The van der Waals surface area contributed by atoms with E-state index in [4.69, 9.17) is 0 Å². The molecule has 0 saturated carbocycles. The van der Waals surface area contributed by atoms with E-state index in [9.17, 15) is 4.79 Å². The first-order valence-electron chi connectivity index (χ1n) is 6.86. The largest absolute Gasteiger partial charge is 0.337 e. The predicted octanol–water partition coefficient (Wildman–Crippen LogP) is 1.61. The molecule has 3 rings (SSSR count). The predicted molar refractivity (Wildman–Crippen MR) is 71.8 cm³/mol. The molecule has 1 atom stereocenters. The molecule has 1 aromatic carbocycles. The van der Waals surface area contributed by atoms with Crippen molar-refractivity contribution >= 4 is 5.91 Å². The van der Waals surface area contributed by atoms with E-state index in [1.165, 1.54) is 24.0 Å².